The molecule has 0 unspecified atom stereocenters. The average molecular weight is 338 g/mol. The van der Waals surface area contributed by atoms with Gasteiger partial charge in [-0.3, -0.25) is 10.00 Å². The zero-order chi connectivity index (χ0) is 16.9. The molecule has 0 radical (unpaired) electrons. The summed E-state index contributed by atoms with van der Waals surface area (Å²) in [5.41, 5.74) is 3.66. The second-order valence-electron chi connectivity index (χ2n) is 5.97. The number of rotatable bonds is 6. The van der Waals surface area contributed by atoms with E-state index in [1.165, 1.54) is 11.1 Å². The van der Waals surface area contributed by atoms with Crippen molar-refractivity contribution in [1.29, 1.82) is 0 Å². The molecule has 124 valence electrons. The molecule has 0 bridgehead atoms. The van der Waals surface area contributed by atoms with Crippen molar-refractivity contribution in [1.82, 2.24) is 19.7 Å². The van der Waals surface area contributed by atoms with E-state index in [0.29, 0.717) is 11.4 Å². The van der Waals surface area contributed by atoms with E-state index in [0.717, 1.165) is 24.4 Å². The highest BCUT2D eigenvalue weighted by Gasteiger charge is 2.07. The Morgan fingerprint density at radius 2 is 1.75 bits per heavy atom. The van der Waals surface area contributed by atoms with Gasteiger partial charge < -0.3 is 0 Å². The Labute approximate surface area is 147 Å². The largest absolute Gasteiger partial charge is 0.283 e. The monoisotopic (exact) mass is 338 g/mol. The number of aromatic amines is 1. The molecular formula is C19H22N4S. The predicted molar refractivity (Wildman–Crippen MR) is 100 cm³/mol. The molecule has 0 atom stereocenters. The van der Waals surface area contributed by atoms with Crippen molar-refractivity contribution in [3.63, 3.8) is 0 Å². The maximum atomic E-state index is 5.40. The maximum Gasteiger partial charge on any atom is 0.217 e. The highest BCUT2D eigenvalue weighted by molar-refractivity contribution is 7.71. The minimum atomic E-state index is 0.574. The fourth-order valence-electron chi connectivity index (χ4n) is 2.67. The van der Waals surface area contributed by atoms with Crippen LogP contribution >= 0.6 is 12.2 Å². The van der Waals surface area contributed by atoms with Crippen LogP contribution in [0, 0.1) is 4.77 Å². The molecule has 0 aliphatic rings. The van der Waals surface area contributed by atoms with Crippen molar-refractivity contribution in [2.45, 2.75) is 26.6 Å². The molecule has 0 saturated heterocycles. The molecule has 5 heteroatoms. The Morgan fingerprint density at radius 3 is 2.42 bits per heavy atom. The smallest absolute Gasteiger partial charge is 0.217 e. The van der Waals surface area contributed by atoms with E-state index in [9.17, 15) is 0 Å². The number of hydrogen-bond donors (Lipinski definition) is 1. The maximum absolute atomic E-state index is 5.40. The van der Waals surface area contributed by atoms with Crippen molar-refractivity contribution in [3.05, 3.63) is 70.5 Å². The summed E-state index contributed by atoms with van der Waals surface area (Å²) in [4.78, 5) is 6.69. The normalized spacial score (nSPS) is 11.1. The Morgan fingerprint density at radius 1 is 1.04 bits per heavy atom. The predicted octanol–water partition coefficient (Wildman–Crippen LogP) is 4.26. The lowest BCUT2D eigenvalue weighted by molar-refractivity contribution is 0.244. The Hall–Kier alpha value is -2.24. The molecule has 3 rings (SSSR count). The Balaban J connectivity index is 1.72. The van der Waals surface area contributed by atoms with E-state index >= 15 is 0 Å². The first-order chi connectivity index (χ1) is 11.7. The lowest BCUT2D eigenvalue weighted by atomic mass is 10.1. The molecule has 0 amide bonds. The van der Waals surface area contributed by atoms with Crippen LogP contribution < -0.4 is 0 Å². The van der Waals surface area contributed by atoms with Gasteiger partial charge in [0.15, 0.2) is 5.82 Å². The van der Waals surface area contributed by atoms with Gasteiger partial charge in [-0.15, -0.1) is 0 Å². The van der Waals surface area contributed by atoms with E-state index in [2.05, 4.69) is 77.5 Å². The van der Waals surface area contributed by atoms with Gasteiger partial charge in [0.25, 0.3) is 0 Å². The molecule has 1 heterocycles. The minimum Gasteiger partial charge on any atom is -0.283 e. The van der Waals surface area contributed by atoms with Gasteiger partial charge in [-0.25, -0.2) is 4.68 Å². The third kappa shape index (κ3) is 3.99. The quantitative estimate of drug-likeness (QED) is 0.682. The van der Waals surface area contributed by atoms with Crippen LogP contribution in [0.3, 0.4) is 0 Å². The molecule has 0 spiro atoms. The Bertz CT molecular complexity index is 834. The summed E-state index contributed by atoms with van der Waals surface area (Å²) in [5, 5.41) is 3.31. The van der Waals surface area contributed by atoms with E-state index in [4.69, 9.17) is 12.2 Å². The second-order valence-corrected chi connectivity index (χ2v) is 6.34. The van der Waals surface area contributed by atoms with Crippen molar-refractivity contribution < 1.29 is 0 Å². The summed E-state index contributed by atoms with van der Waals surface area (Å²) < 4.78 is 2.48. The molecule has 0 aliphatic heterocycles. The van der Waals surface area contributed by atoms with E-state index in [-0.39, 0.29) is 0 Å². The number of nitrogens with one attached hydrogen (secondary N) is 1. The first kappa shape index (κ1) is 16.6. The molecule has 3 aromatic rings. The summed E-state index contributed by atoms with van der Waals surface area (Å²) in [5.74, 6) is 0.816. The van der Waals surface area contributed by atoms with Crippen molar-refractivity contribution in [2.75, 3.05) is 7.05 Å². The third-order valence-electron chi connectivity index (χ3n) is 3.99. The third-order valence-corrected chi connectivity index (χ3v) is 4.30. The number of aromatic nitrogens is 3. The number of benzene rings is 2. The van der Waals surface area contributed by atoms with Crippen LogP contribution in [0.25, 0.3) is 11.4 Å². The molecule has 24 heavy (non-hydrogen) atoms. The minimum absolute atomic E-state index is 0.574. The molecule has 0 saturated carbocycles. The van der Waals surface area contributed by atoms with Crippen molar-refractivity contribution in [2.24, 2.45) is 0 Å². The number of H-pyrrole nitrogens is 1. The van der Waals surface area contributed by atoms with Gasteiger partial charge in [-0.05, 0) is 36.8 Å². The van der Waals surface area contributed by atoms with Gasteiger partial charge in [0.1, 0.15) is 0 Å². The molecular weight excluding hydrogens is 316 g/mol. The number of aryl methyl sites for hydroxylation is 1. The SMILES string of the molecule is CCc1ccc(-c2nc(=S)n(CN(C)Cc3ccccc3)[nH]2)cc1. The van der Waals surface area contributed by atoms with E-state index in [1.807, 2.05) is 10.7 Å². The lowest BCUT2D eigenvalue weighted by Gasteiger charge is -2.16. The van der Waals surface area contributed by atoms with Gasteiger partial charge in [0.05, 0.1) is 6.67 Å². The fraction of sp³-hybridized carbons (Fsp3) is 0.263. The van der Waals surface area contributed by atoms with Gasteiger partial charge in [-0.2, -0.15) is 4.98 Å². The van der Waals surface area contributed by atoms with Crippen molar-refractivity contribution >= 4 is 12.2 Å². The summed E-state index contributed by atoms with van der Waals surface area (Å²) in [7, 11) is 2.07. The topological polar surface area (TPSA) is 36.9 Å². The van der Waals surface area contributed by atoms with E-state index < -0.39 is 0 Å². The highest BCUT2D eigenvalue weighted by Crippen LogP contribution is 2.16. The second kappa shape index (κ2) is 7.55. The van der Waals surface area contributed by atoms with E-state index in [1.54, 1.807) is 0 Å². The number of hydrogen-bond acceptors (Lipinski definition) is 3. The first-order valence-corrected chi connectivity index (χ1v) is 8.55. The van der Waals surface area contributed by atoms with Crippen LogP contribution in [-0.2, 0) is 19.6 Å². The molecule has 4 nitrogen and oxygen atoms in total. The average Bonchev–Trinajstić information content (AvgIpc) is 2.96. The molecule has 2 aromatic carbocycles. The van der Waals surface area contributed by atoms with Crippen LogP contribution in [-0.4, -0.2) is 26.7 Å². The fourth-order valence-corrected chi connectivity index (χ4v) is 2.86. The van der Waals surface area contributed by atoms with Gasteiger partial charge >= 0.3 is 0 Å². The lowest BCUT2D eigenvalue weighted by Crippen LogP contribution is -2.22. The molecule has 0 aliphatic carbocycles. The van der Waals surface area contributed by atoms with Gasteiger partial charge in [0.2, 0.25) is 4.77 Å². The summed E-state index contributed by atoms with van der Waals surface area (Å²) in [6, 6.07) is 18.8. The molecule has 0 fully saturated rings. The number of nitrogens with zero attached hydrogens (tertiary/aromatic N) is 3. The summed E-state index contributed by atoms with van der Waals surface area (Å²) in [6.07, 6.45) is 1.04. The Kier molecular flexibility index (Phi) is 5.23. The molecule has 1 N–H and O–H groups in total. The van der Waals surface area contributed by atoms with Crippen LogP contribution in [0.4, 0.5) is 0 Å². The van der Waals surface area contributed by atoms with Crippen LogP contribution in [0.5, 0.6) is 0 Å². The molecule has 1 aromatic heterocycles. The highest BCUT2D eigenvalue weighted by atomic mass is 32.1. The summed E-state index contributed by atoms with van der Waals surface area (Å²) in [6.45, 7) is 3.69. The first-order valence-electron chi connectivity index (χ1n) is 8.14. The summed E-state index contributed by atoms with van der Waals surface area (Å²) >= 11 is 5.40. The van der Waals surface area contributed by atoms with Crippen LogP contribution in [0.15, 0.2) is 54.6 Å². The van der Waals surface area contributed by atoms with Gasteiger partial charge in [-0.1, -0.05) is 61.5 Å². The van der Waals surface area contributed by atoms with Crippen molar-refractivity contribution in [3.8, 4) is 11.4 Å². The van der Waals surface area contributed by atoms with Crippen LogP contribution in [0.2, 0.25) is 0 Å². The zero-order valence-corrected chi connectivity index (χ0v) is 14.9. The zero-order valence-electron chi connectivity index (χ0n) is 14.1. The van der Waals surface area contributed by atoms with Crippen LogP contribution in [0.1, 0.15) is 18.1 Å². The standard InChI is InChI=1S/C19H22N4S/c1-3-15-9-11-17(12-10-15)18-20-19(24)23(21-18)14-22(2)13-16-7-5-4-6-8-16/h4-12H,3,13-14H2,1-2H3,(H,20,21,24). The van der Waals surface area contributed by atoms with Gasteiger partial charge in [0, 0.05) is 12.1 Å².